The second-order valence-corrected chi connectivity index (χ2v) is 2.78. The third-order valence-corrected chi connectivity index (χ3v) is 1.63. The van der Waals surface area contributed by atoms with E-state index in [9.17, 15) is 10.1 Å². The van der Waals surface area contributed by atoms with Gasteiger partial charge in [-0.05, 0) is 63.9 Å². The minimum Gasteiger partial charge on any atom is -0.259 e. The minimum absolute atomic E-state index is 0. The van der Waals surface area contributed by atoms with E-state index in [2.05, 4.69) is 0 Å². The van der Waals surface area contributed by atoms with Crippen molar-refractivity contribution in [1.82, 2.24) is 0 Å². The average molecular weight is 257 g/mol. The third kappa shape index (κ3) is 7.89. The van der Waals surface area contributed by atoms with Gasteiger partial charge in [0.15, 0.2) is 0 Å². The van der Waals surface area contributed by atoms with E-state index in [1.807, 2.05) is 44.9 Å². The normalized spacial score (nSPS) is 20.2. The summed E-state index contributed by atoms with van der Waals surface area (Å²) in [5.74, 6) is 0.858. The molecule has 2 rings (SSSR count). The zero-order valence-electron chi connectivity index (χ0n) is 8.47. The first kappa shape index (κ1) is 15.7. The zero-order chi connectivity index (χ0) is 10.9. The predicted molar refractivity (Wildman–Crippen MR) is 58.1 cm³/mol. The van der Waals surface area contributed by atoms with Gasteiger partial charge in [0.2, 0.25) is 6.20 Å². The van der Waals surface area contributed by atoms with E-state index >= 15 is 0 Å². The standard InChI is InChI=1S/C7H6NO2.C5H5.Fe/c9-8(10)6-5-7-3-1-2-4-7;1-2-4-5-3-1;/h1-6H;1-5H;/q;;+2/b6-5+;;. The summed E-state index contributed by atoms with van der Waals surface area (Å²) >= 11 is 0. The van der Waals surface area contributed by atoms with Gasteiger partial charge in [-0.1, -0.05) is 0 Å². The van der Waals surface area contributed by atoms with E-state index in [-0.39, 0.29) is 17.1 Å². The molecule has 0 aromatic rings. The van der Waals surface area contributed by atoms with E-state index in [1.165, 1.54) is 6.08 Å². The van der Waals surface area contributed by atoms with Crippen LogP contribution < -0.4 is 0 Å². The molecule has 10 radical (unpaired) electrons. The van der Waals surface area contributed by atoms with Crippen LogP contribution >= 0.6 is 0 Å². The van der Waals surface area contributed by atoms with Crippen LogP contribution in [0.4, 0.5) is 0 Å². The second kappa shape index (κ2) is 9.86. The third-order valence-electron chi connectivity index (χ3n) is 1.63. The molecule has 0 N–H and O–H groups in total. The van der Waals surface area contributed by atoms with Crippen molar-refractivity contribution in [2.75, 3.05) is 0 Å². The molecule has 0 heterocycles. The number of hydrogen-bond donors (Lipinski definition) is 0. The Labute approximate surface area is 108 Å². The van der Waals surface area contributed by atoms with Crippen molar-refractivity contribution in [3.63, 3.8) is 0 Å². The first-order valence-electron chi connectivity index (χ1n) is 4.49. The Kier molecular flexibility index (Phi) is 9.65. The molecule has 82 valence electrons. The molecule has 0 saturated heterocycles. The number of nitrogens with zero attached hydrogens (tertiary/aromatic N) is 1. The van der Waals surface area contributed by atoms with Crippen LogP contribution in [0.2, 0.25) is 0 Å². The van der Waals surface area contributed by atoms with Gasteiger partial charge < -0.3 is 0 Å². The molecule has 0 bridgehead atoms. The summed E-state index contributed by atoms with van der Waals surface area (Å²) in [6.07, 6.45) is 19.7. The molecule has 0 unspecified atom stereocenters. The monoisotopic (exact) mass is 257 g/mol. The molecule has 2 fully saturated rings. The molecule has 16 heavy (non-hydrogen) atoms. The van der Waals surface area contributed by atoms with Gasteiger partial charge in [0, 0.05) is 5.92 Å². The molecule has 0 aromatic carbocycles. The van der Waals surface area contributed by atoms with Crippen LogP contribution in [0.25, 0.3) is 0 Å². The van der Waals surface area contributed by atoms with Gasteiger partial charge >= 0.3 is 17.1 Å². The Bertz CT molecular complexity index is 201. The van der Waals surface area contributed by atoms with Crippen LogP contribution in [-0.2, 0) is 17.1 Å². The Morgan fingerprint density at radius 1 is 0.938 bits per heavy atom. The summed E-state index contributed by atoms with van der Waals surface area (Å²) in [5.41, 5.74) is 0. The van der Waals surface area contributed by atoms with Gasteiger partial charge in [0.25, 0.3) is 0 Å². The molecule has 2 aliphatic carbocycles. The summed E-state index contributed by atoms with van der Waals surface area (Å²) in [7, 11) is 0. The Morgan fingerprint density at radius 3 is 1.75 bits per heavy atom. The summed E-state index contributed by atoms with van der Waals surface area (Å²) in [5, 5.41) is 9.81. The van der Waals surface area contributed by atoms with Gasteiger partial charge in [-0.2, -0.15) is 0 Å². The van der Waals surface area contributed by atoms with Gasteiger partial charge in [-0.3, -0.25) is 10.1 Å². The number of allylic oxidation sites excluding steroid dienone is 1. The number of hydrogen-bond acceptors (Lipinski definition) is 2. The molecular formula is C12H11FeNO2+2. The van der Waals surface area contributed by atoms with Gasteiger partial charge in [0.05, 0.1) is 4.92 Å². The summed E-state index contributed by atoms with van der Waals surface area (Å²) in [6.45, 7) is 0. The Hall–Kier alpha value is -0.341. The molecule has 0 amide bonds. The van der Waals surface area contributed by atoms with E-state index in [0.717, 1.165) is 12.1 Å². The van der Waals surface area contributed by atoms with Crippen molar-refractivity contribution in [2.24, 2.45) is 0 Å². The fraction of sp³-hybridized carbons (Fsp3) is 0. The fourth-order valence-corrected chi connectivity index (χ4v) is 0.968. The van der Waals surface area contributed by atoms with Crippen LogP contribution in [0.3, 0.4) is 0 Å². The molecule has 3 nitrogen and oxygen atoms in total. The van der Waals surface area contributed by atoms with E-state index < -0.39 is 4.92 Å². The quantitative estimate of drug-likeness (QED) is 0.432. The fourth-order valence-electron chi connectivity index (χ4n) is 0.968. The smallest absolute Gasteiger partial charge is 0.259 e. The van der Waals surface area contributed by atoms with Crippen LogP contribution in [0, 0.1) is 73.8 Å². The topological polar surface area (TPSA) is 43.1 Å². The van der Waals surface area contributed by atoms with Crippen molar-refractivity contribution in [2.45, 2.75) is 0 Å². The van der Waals surface area contributed by atoms with Crippen LogP contribution in [-0.4, -0.2) is 4.92 Å². The van der Waals surface area contributed by atoms with Crippen molar-refractivity contribution in [3.8, 4) is 0 Å². The largest absolute Gasteiger partial charge is 2.00 e. The maximum absolute atomic E-state index is 9.81. The predicted octanol–water partition coefficient (Wildman–Crippen LogP) is 2.20. The Balaban J connectivity index is 0.000000318. The molecule has 4 heteroatoms. The first-order chi connectivity index (χ1) is 7.29. The molecule has 0 aliphatic heterocycles. The molecule has 0 spiro atoms. The van der Waals surface area contributed by atoms with E-state index in [4.69, 9.17) is 0 Å². The van der Waals surface area contributed by atoms with Crippen LogP contribution in [0.1, 0.15) is 0 Å². The van der Waals surface area contributed by atoms with Crippen molar-refractivity contribution in [3.05, 3.63) is 86.1 Å². The second-order valence-electron chi connectivity index (χ2n) is 2.78. The van der Waals surface area contributed by atoms with Gasteiger partial charge in [0.1, 0.15) is 0 Å². The zero-order valence-corrected chi connectivity index (χ0v) is 9.57. The molecule has 2 aliphatic rings. The van der Waals surface area contributed by atoms with Crippen molar-refractivity contribution >= 4 is 0 Å². The summed E-state index contributed by atoms with van der Waals surface area (Å²) in [6, 6.07) is 0. The molecular weight excluding hydrogens is 246 g/mol. The molecule has 2 saturated carbocycles. The average Bonchev–Trinajstić information content (AvgIpc) is 2.91. The number of nitro groups is 1. The van der Waals surface area contributed by atoms with Crippen LogP contribution in [0.5, 0.6) is 0 Å². The van der Waals surface area contributed by atoms with E-state index in [0.29, 0.717) is 0 Å². The maximum atomic E-state index is 9.81. The van der Waals surface area contributed by atoms with Crippen molar-refractivity contribution in [1.29, 1.82) is 0 Å². The van der Waals surface area contributed by atoms with E-state index in [1.54, 1.807) is 12.8 Å². The van der Waals surface area contributed by atoms with Crippen molar-refractivity contribution < 1.29 is 22.0 Å². The van der Waals surface area contributed by atoms with Crippen LogP contribution in [0.15, 0.2) is 12.3 Å². The van der Waals surface area contributed by atoms with Gasteiger partial charge in [-0.25, -0.2) is 0 Å². The molecule has 0 aromatic heterocycles. The van der Waals surface area contributed by atoms with Gasteiger partial charge in [-0.15, -0.1) is 0 Å². The molecule has 0 atom stereocenters. The SMILES string of the molecule is O=[N+]([O-])/C=C/[C]1[CH][CH][CH][CH]1.[CH]1[CH][CH][CH][CH]1.[Fe+2]. The summed E-state index contributed by atoms with van der Waals surface area (Å²) in [4.78, 5) is 9.33. The Morgan fingerprint density at radius 2 is 1.38 bits per heavy atom. The number of rotatable bonds is 2. The first-order valence-corrected chi connectivity index (χ1v) is 4.49. The minimum atomic E-state index is -0.479. The summed E-state index contributed by atoms with van der Waals surface area (Å²) < 4.78 is 0. The maximum Gasteiger partial charge on any atom is 2.00 e.